The minimum absolute atomic E-state index is 0.0153. The lowest BCUT2D eigenvalue weighted by atomic mass is 10.1. The number of rotatable bonds is 4. The van der Waals surface area contributed by atoms with E-state index in [2.05, 4.69) is 5.32 Å². The van der Waals surface area contributed by atoms with Crippen molar-refractivity contribution in [3.63, 3.8) is 0 Å². The minimum Gasteiger partial charge on any atom is -0.477 e. The van der Waals surface area contributed by atoms with E-state index in [9.17, 15) is 19.1 Å². The van der Waals surface area contributed by atoms with E-state index in [0.29, 0.717) is 10.3 Å². The number of nitrogens with one attached hydrogen (secondary N) is 1. The van der Waals surface area contributed by atoms with Crippen LogP contribution in [0.4, 0.5) is 4.39 Å². The number of furan rings is 1. The minimum atomic E-state index is -1.15. The Bertz CT molecular complexity index is 912. The summed E-state index contributed by atoms with van der Waals surface area (Å²) in [5.41, 5.74) is 0.926. The van der Waals surface area contributed by atoms with E-state index in [-0.39, 0.29) is 28.1 Å². The molecule has 0 fully saturated rings. The highest BCUT2D eigenvalue weighted by Gasteiger charge is 2.21. The van der Waals surface area contributed by atoms with E-state index < -0.39 is 17.7 Å². The number of aromatic carboxylic acids is 1. The summed E-state index contributed by atoms with van der Waals surface area (Å²) in [4.78, 5) is 23.5. The van der Waals surface area contributed by atoms with Crippen LogP contribution in [0, 0.1) is 12.7 Å². The molecule has 0 saturated heterocycles. The maximum absolute atomic E-state index is 14.1. The average Bonchev–Trinajstić information content (AvgIpc) is 3.09. The summed E-state index contributed by atoms with van der Waals surface area (Å²) in [7, 11) is 0. The van der Waals surface area contributed by atoms with Crippen molar-refractivity contribution in [2.75, 3.05) is 0 Å². The molecule has 0 atom stereocenters. The van der Waals surface area contributed by atoms with Crippen LogP contribution in [-0.4, -0.2) is 17.0 Å². The van der Waals surface area contributed by atoms with E-state index in [0.717, 1.165) is 11.3 Å². The lowest BCUT2D eigenvalue weighted by Crippen LogP contribution is -2.23. The number of aryl methyl sites for hydroxylation is 1. The van der Waals surface area contributed by atoms with Crippen LogP contribution in [-0.2, 0) is 6.54 Å². The van der Waals surface area contributed by atoms with Crippen LogP contribution in [0.2, 0.25) is 0 Å². The van der Waals surface area contributed by atoms with Crippen LogP contribution < -0.4 is 5.32 Å². The predicted octanol–water partition coefficient (Wildman–Crippen LogP) is 3.57. The van der Waals surface area contributed by atoms with Crippen LogP contribution >= 0.6 is 11.3 Å². The fourth-order valence-electron chi connectivity index (χ4n) is 2.36. The molecule has 0 radical (unpaired) electrons. The molecule has 0 unspecified atom stereocenters. The van der Waals surface area contributed by atoms with Crippen LogP contribution in [0.1, 0.15) is 31.4 Å². The summed E-state index contributed by atoms with van der Waals surface area (Å²) < 4.78 is 19.7. The number of halogens is 1. The van der Waals surface area contributed by atoms with Gasteiger partial charge in [-0.15, -0.1) is 11.3 Å². The monoisotopic (exact) mass is 333 g/mol. The molecule has 0 aliphatic rings. The second-order valence-electron chi connectivity index (χ2n) is 4.94. The predicted molar refractivity (Wildman–Crippen MR) is 83.4 cm³/mol. The van der Waals surface area contributed by atoms with Crippen LogP contribution in [0.15, 0.2) is 34.9 Å². The Morgan fingerprint density at radius 3 is 2.78 bits per heavy atom. The molecule has 1 aromatic carbocycles. The van der Waals surface area contributed by atoms with E-state index in [1.54, 1.807) is 19.1 Å². The molecular formula is C16H12FNO4S. The van der Waals surface area contributed by atoms with Gasteiger partial charge in [0.25, 0.3) is 5.91 Å². The number of hydrogen-bond donors (Lipinski definition) is 2. The molecule has 0 spiro atoms. The van der Waals surface area contributed by atoms with Crippen molar-refractivity contribution in [3.05, 3.63) is 58.1 Å². The molecular weight excluding hydrogens is 321 g/mol. The van der Waals surface area contributed by atoms with Gasteiger partial charge in [-0.1, -0.05) is 6.07 Å². The Kier molecular flexibility index (Phi) is 3.87. The first-order valence-electron chi connectivity index (χ1n) is 6.74. The van der Waals surface area contributed by atoms with Gasteiger partial charge in [-0.3, -0.25) is 4.79 Å². The normalized spacial score (nSPS) is 10.9. The summed E-state index contributed by atoms with van der Waals surface area (Å²) in [6.45, 7) is 1.63. The number of amides is 1. The third-order valence-corrected chi connectivity index (χ3v) is 4.64. The molecule has 3 aromatic rings. The van der Waals surface area contributed by atoms with Crippen LogP contribution in [0.25, 0.3) is 10.1 Å². The number of carboxylic acids is 1. The van der Waals surface area contributed by atoms with Crippen molar-refractivity contribution < 1.29 is 23.5 Å². The zero-order valence-electron chi connectivity index (χ0n) is 12.1. The van der Waals surface area contributed by atoms with Gasteiger partial charge in [0.1, 0.15) is 10.7 Å². The Morgan fingerprint density at radius 1 is 1.35 bits per heavy atom. The molecule has 2 N–H and O–H groups in total. The first-order valence-corrected chi connectivity index (χ1v) is 7.56. The van der Waals surface area contributed by atoms with E-state index in [1.165, 1.54) is 18.4 Å². The highest BCUT2D eigenvalue weighted by molar-refractivity contribution is 7.21. The van der Waals surface area contributed by atoms with Gasteiger partial charge in [0.2, 0.25) is 0 Å². The second-order valence-corrected chi connectivity index (χ2v) is 6.00. The first kappa shape index (κ1) is 15.2. The highest BCUT2D eigenvalue weighted by Crippen LogP contribution is 2.33. The summed E-state index contributed by atoms with van der Waals surface area (Å²) in [6, 6.07) is 6.09. The van der Waals surface area contributed by atoms with Gasteiger partial charge in [-0.2, -0.15) is 0 Å². The molecule has 2 heterocycles. The summed E-state index contributed by atoms with van der Waals surface area (Å²) in [6.07, 6.45) is 1.40. The van der Waals surface area contributed by atoms with E-state index in [1.807, 2.05) is 0 Å². The molecule has 2 aromatic heterocycles. The fourth-order valence-corrected chi connectivity index (χ4v) is 3.44. The van der Waals surface area contributed by atoms with Crippen molar-refractivity contribution in [1.29, 1.82) is 0 Å². The average molecular weight is 333 g/mol. The number of carbonyl (C=O) groups excluding carboxylic acids is 1. The topological polar surface area (TPSA) is 79.5 Å². The van der Waals surface area contributed by atoms with Crippen LogP contribution in [0.5, 0.6) is 0 Å². The zero-order valence-corrected chi connectivity index (χ0v) is 12.9. The SMILES string of the molecule is Cc1ccoc1C(=O)NCc1c(C(=O)O)sc2cccc(F)c12. The quantitative estimate of drug-likeness (QED) is 0.765. The third-order valence-electron chi connectivity index (χ3n) is 3.45. The summed E-state index contributed by atoms with van der Waals surface area (Å²) in [5, 5.41) is 12.1. The van der Waals surface area contributed by atoms with Gasteiger partial charge in [-0.25, -0.2) is 9.18 Å². The molecule has 0 saturated carbocycles. The fraction of sp³-hybridized carbons (Fsp3) is 0.125. The van der Waals surface area contributed by atoms with Crippen molar-refractivity contribution in [1.82, 2.24) is 5.32 Å². The Morgan fingerprint density at radius 2 is 2.13 bits per heavy atom. The summed E-state index contributed by atoms with van der Waals surface area (Å²) in [5.74, 6) is -1.98. The molecule has 0 bridgehead atoms. The number of benzene rings is 1. The number of carboxylic acid groups (broad SMARTS) is 1. The maximum atomic E-state index is 14.1. The standard InChI is InChI=1S/C16H12FNO4S/c1-8-5-6-22-13(8)15(19)18-7-9-12-10(17)3-2-4-11(12)23-14(9)16(20)21/h2-6H,7H2,1H3,(H,18,19)(H,20,21). The Balaban J connectivity index is 1.96. The van der Waals surface area contributed by atoms with Gasteiger partial charge in [0.05, 0.1) is 6.26 Å². The molecule has 1 amide bonds. The van der Waals surface area contributed by atoms with Crippen molar-refractivity contribution in [2.45, 2.75) is 13.5 Å². The van der Waals surface area contributed by atoms with E-state index >= 15 is 0 Å². The molecule has 0 aliphatic carbocycles. The lowest BCUT2D eigenvalue weighted by molar-refractivity contribution is 0.0700. The Labute approximate surface area is 134 Å². The van der Waals surface area contributed by atoms with Crippen molar-refractivity contribution >= 4 is 33.3 Å². The van der Waals surface area contributed by atoms with Gasteiger partial charge in [0, 0.05) is 27.8 Å². The molecule has 3 rings (SSSR count). The largest absolute Gasteiger partial charge is 0.477 e. The highest BCUT2D eigenvalue weighted by atomic mass is 32.1. The molecule has 23 heavy (non-hydrogen) atoms. The lowest BCUT2D eigenvalue weighted by Gasteiger charge is -2.05. The number of hydrogen-bond acceptors (Lipinski definition) is 4. The first-order chi connectivity index (χ1) is 11.0. The number of carbonyl (C=O) groups is 2. The van der Waals surface area contributed by atoms with Gasteiger partial charge in [0.15, 0.2) is 5.76 Å². The second kappa shape index (κ2) is 5.85. The Hall–Kier alpha value is -2.67. The molecule has 5 nitrogen and oxygen atoms in total. The third kappa shape index (κ3) is 2.70. The van der Waals surface area contributed by atoms with Gasteiger partial charge in [-0.05, 0) is 25.1 Å². The smallest absolute Gasteiger partial charge is 0.346 e. The van der Waals surface area contributed by atoms with E-state index in [4.69, 9.17) is 4.42 Å². The molecule has 7 heteroatoms. The van der Waals surface area contributed by atoms with Crippen molar-refractivity contribution in [3.8, 4) is 0 Å². The maximum Gasteiger partial charge on any atom is 0.346 e. The van der Waals surface area contributed by atoms with Crippen molar-refractivity contribution in [2.24, 2.45) is 0 Å². The van der Waals surface area contributed by atoms with Crippen LogP contribution in [0.3, 0.4) is 0 Å². The molecule has 118 valence electrons. The zero-order chi connectivity index (χ0) is 16.6. The van der Waals surface area contributed by atoms with Gasteiger partial charge >= 0.3 is 5.97 Å². The van der Waals surface area contributed by atoms with Gasteiger partial charge < -0.3 is 14.8 Å². The molecule has 0 aliphatic heterocycles. The summed E-state index contributed by atoms with van der Waals surface area (Å²) >= 11 is 0.984. The number of fused-ring (bicyclic) bond motifs is 1. The number of thiophene rings is 1.